The molecule has 2 unspecified atom stereocenters. The molecule has 1 fully saturated rings. The van der Waals surface area contributed by atoms with Crippen LogP contribution in [-0.2, 0) is 14.6 Å². The summed E-state index contributed by atoms with van der Waals surface area (Å²) in [7, 11) is -3.81. The van der Waals surface area contributed by atoms with Crippen LogP contribution in [0.3, 0.4) is 0 Å². The molecule has 0 spiro atoms. The van der Waals surface area contributed by atoms with Crippen molar-refractivity contribution in [2.24, 2.45) is 11.8 Å². The number of carbonyl (C=O) groups is 1. The highest BCUT2D eigenvalue weighted by molar-refractivity contribution is 7.91. The van der Waals surface area contributed by atoms with Crippen molar-refractivity contribution in [3.8, 4) is 0 Å². The number of hydroxylamine groups is 2. The molecule has 166 valence electrons. The quantitative estimate of drug-likeness (QED) is 0.611. The summed E-state index contributed by atoms with van der Waals surface area (Å²) in [5.41, 5.74) is 0.711. The smallest absolute Gasteiger partial charge is 0.252 e. The third-order valence-electron chi connectivity index (χ3n) is 4.90. The van der Waals surface area contributed by atoms with E-state index in [0.717, 1.165) is 16.4 Å². The Hall–Kier alpha value is -1.56. The molecule has 1 aromatic heterocycles. The van der Waals surface area contributed by atoms with Crippen LogP contribution >= 0.6 is 22.9 Å². The van der Waals surface area contributed by atoms with Crippen LogP contribution < -0.4 is 4.90 Å². The van der Waals surface area contributed by atoms with Crippen LogP contribution in [0.25, 0.3) is 5.57 Å². The molecule has 1 N–H and O–H groups in total. The number of thiazole rings is 1. The molecule has 2 heterocycles. The summed E-state index contributed by atoms with van der Waals surface area (Å²) in [5.74, 6) is -6.59. The van der Waals surface area contributed by atoms with Crippen molar-refractivity contribution in [3.05, 3.63) is 28.5 Å². The SMILES string of the molecule is CCN(C(=O)C(C)CS(=O)(=O)CC1CC1(F)F)c1sc(C2=CC=CN(O)C2)nc1Cl. The molecule has 3 rings (SSSR count). The molecule has 1 aliphatic carbocycles. The standard InChI is InChI=1S/C18H22ClF2N3O4S2/c1-3-24(16(25)11(2)9-30(27,28)10-13-7-18(13,20)21)17-14(19)22-15(29-17)12-5-4-6-23(26)8-12/h4-6,11,13,26H,3,7-10H2,1-2H3. The summed E-state index contributed by atoms with van der Waals surface area (Å²) in [4.78, 5) is 18.5. The summed E-state index contributed by atoms with van der Waals surface area (Å²) in [6.45, 7) is 3.62. The lowest BCUT2D eigenvalue weighted by atomic mass is 10.2. The van der Waals surface area contributed by atoms with Crippen LogP contribution in [0.4, 0.5) is 13.8 Å². The van der Waals surface area contributed by atoms with Crippen molar-refractivity contribution < 1.29 is 27.2 Å². The van der Waals surface area contributed by atoms with Crippen LogP contribution in [0.5, 0.6) is 0 Å². The lowest BCUT2D eigenvalue weighted by molar-refractivity contribution is -0.121. The number of aromatic nitrogens is 1. The summed E-state index contributed by atoms with van der Waals surface area (Å²) < 4.78 is 50.6. The highest BCUT2D eigenvalue weighted by atomic mass is 35.5. The summed E-state index contributed by atoms with van der Waals surface area (Å²) in [6, 6.07) is 0. The maximum atomic E-state index is 13.1. The molecule has 2 aliphatic rings. The number of amides is 1. The first-order valence-corrected chi connectivity index (χ1v) is 12.3. The predicted molar refractivity (Wildman–Crippen MR) is 112 cm³/mol. The molecule has 12 heteroatoms. The van der Waals surface area contributed by atoms with E-state index in [0.29, 0.717) is 15.6 Å². The zero-order valence-electron chi connectivity index (χ0n) is 16.4. The number of sulfone groups is 1. The van der Waals surface area contributed by atoms with Gasteiger partial charge in [0.2, 0.25) is 5.91 Å². The molecule has 7 nitrogen and oxygen atoms in total. The van der Waals surface area contributed by atoms with Gasteiger partial charge in [-0.15, -0.1) is 0 Å². The van der Waals surface area contributed by atoms with Crippen molar-refractivity contribution in [1.82, 2.24) is 10.0 Å². The van der Waals surface area contributed by atoms with Crippen molar-refractivity contribution >= 4 is 49.3 Å². The van der Waals surface area contributed by atoms with Gasteiger partial charge in [-0.1, -0.05) is 35.9 Å². The Labute approximate surface area is 182 Å². The Balaban J connectivity index is 1.73. The minimum atomic E-state index is -3.81. The van der Waals surface area contributed by atoms with Crippen molar-refractivity contribution in [3.63, 3.8) is 0 Å². The molecule has 0 aromatic carbocycles. The second kappa shape index (κ2) is 8.52. The average molecular weight is 482 g/mol. The minimum Gasteiger partial charge on any atom is -0.301 e. The molecule has 1 aromatic rings. The van der Waals surface area contributed by atoms with Crippen LogP contribution in [-0.4, -0.2) is 60.1 Å². The summed E-state index contributed by atoms with van der Waals surface area (Å²) in [6.07, 6.45) is 4.48. The predicted octanol–water partition coefficient (Wildman–Crippen LogP) is 3.46. The Morgan fingerprint density at radius 3 is 2.77 bits per heavy atom. The van der Waals surface area contributed by atoms with E-state index in [2.05, 4.69) is 4.98 Å². The van der Waals surface area contributed by atoms with E-state index >= 15 is 0 Å². The van der Waals surface area contributed by atoms with Gasteiger partial charge in [0.05, 0.1) is 18.1 Å². The highest BCUT2D eigenvalue weighted by Gasteiger charge is 2.58. The molecular weight excluding hydrogens is 460 g/mol. The number of nitrogens with zero attached hydrogens (tertiary/aromatic N) is 3. The molecule has 0 radical (unpaired) electrons. The number of anilines is 1. The van der Waals surface area contributed by atoms with Gasteiger partial charge < -0.3 is 4.90 Å². The van der Waals surface area contributed by atoms with Gasteiger partial charge in [0, 0.05) is 36.6 Å². The molecule has 1 amide bonds. The molecule has 1 aliphatic heterocycles. The second-order valence-corrected chi connectivity index (χ2v) is 11.0. The third kappa shape index (κ3) is 5.19. The van der Waals surface area contributed by atoms with Gasteiger partial charge in [-0.05, 0) is 13.0 Å². The van der Waals surface area contributed by atoms with Gasteiger partial charge >= 0.3 is 0 Å². The van der Waals surface area contributed by atoms with Gasteiger partial charge in [-0.3, -0.25) is 15.1 Å². The van der Waals surface area contributed by atoms with Crippen molar-refractivity contribution in [2.75, 3.05) is 29.5 Å². The third-order valence-corrected chi connectivity index (χ3v) is 8.34. The maximum absolute atomic E-state index is 13.1. The van der Waals surface area contributed by atoms with E-state index in [9.17, 15) is 27.2 Å². The van der Waals surface area contributed by atoms with E-state index in [1.807, 2.05) is 0 Å². The zero-order chi connectivity index (χ0) is 22.3. The van der Waals surface area contributed by atoms with Gasteiger partial charge in [-0.2, -0.15) is 0 Å². The number of allylic oxidation sites excluding steroid dienone is 2. The Kier molecular flexibility index (Phi) is 6.57. The minimum absolute atomic E-state index is 0.0952. The molecular formula is C18H22ClF2N3O4S2. The van der Waals surface area contributed by atoms with Crippen molar-refractivity contribution in [2.45, 2.75) is 26.2 Å². The normalized spacial score (nSPS) is 21.3. The van der Waals surface area contributed by atoms with Gasteiger partial charge in [-0.25, -0.2) is 22.2 Å². The maximum Gasteiger partial charge on any atom is 0.252 e. The van der Waals surface area contributed by atoms with E-state index < -0.39 is 51.4 Å². The van der Waals surface area contributed by atoms with Gasteiger partial charge in [0.25, 0.3) is 5.92 Å². The average Bonchev–Trinajstić information content (AvgIpc) is 3.05. The zero-order valence-corrected chi connectivity index (χ0v) is 18.8. The molecule has 0 saturated heterocycles. The summed E-state index contributed by atoms with van der Waals surface area (Å²) >= 11 is 7.41. The number of hydrogen-bond acceptors (Lipinski definition) is 7. The van der Waals surface area contributed by atoms with E-state index in [4.69, 9.17) is 11.6 Å². The van der Waals surface area contributed by atoms with E-state index in [-0.39, 0.29) is 18.2 Å². The lowest BCUT2D eigenvalue weighted by Crippen LogP contribution is -2.38. The fraction of sp³-hybridized carbons (Fsp3) is 0.556. The molecule has 2 atom stereocenters. The van der Waals surface area contributed by atoms with Crippen molar-refractivity contribution in [1.29, 1.82) is 0 Å². The number of alkyl halides is 2. The number of hydrogen-bond donors (Lipinski definition) is 1. The fourth-order valence-electron chi connectivity index (χ4n) is 3.22. The number of carbonyl (C=O) groups excluding carboxylic acids is 1. The van der Waals surface area contributed by atoms with Crippen LogP contribution in [0.1, 0.15) is 25.3 Å². The fourth-order valence-corrected chi connectivity index (χ4v) is 6.63. The van der Waals surface area contributed by atoms with E-state index in [1.54, 1.807) is 19.1 Å². The van der Waals surface area contributed by atoms with Gasteiger partial charge in [0.1, 0.15) is 10.0 Å². The second-order valence-electron chi connectivity index (χ2n) is 7.47. The molecule has 0 bridgehead atoms. The van der Waals surface area contributed by atoms with E-state index in [1.165, 1.54) is 18.0 Å². The first-order chi connectivity index (χ1) is 13.9. The summed E-state index contributed by atoms with van der Waals surface area (Å²) in [5, 5.41) is 11.6. The Bertz CT molecular complexity index is 994. The first kappa shape index (κ1) is 23.1. The Morgan fingerprint density at radius 2 is 2.20 bits per heavy atom. The largest absolute Gasteiger partial charge is 0.301 e. The molecule has 30 heavy (non-hydrogen) atoms. The number of halogens is 3. The molecule has 1 saturated carbocycles. The van der Waals surface area contributed by atoms with Crippen LogP contribution in [0.2, 0.25) is 5.15 Å². The van der Waals surface area contributed by atoms with Crippen LogP contribution in [0.15, 0.2) is 18.4 Å². The highest BCUT2D eigenvalue weighted by Crippen LogP contribution is 2.49. The topological polar surface area (TPSA) is 90.8 Å². The van der Waals surface area contributed by atoms with Crippen LogP contribution in [0, 0.1) is 11.8 Å². The monoisotopic (exact) mass is 481 g/mol. The first-order valence-electron chi connectivity index (χ1n) is 9.32. The number of rotatable bonds is 8. The Morgan fingerprint density at radius 1 is 1.53 bits per heavy atom. The lowest BCUT2D eigenvalue weighted by Gasteiger charge is -2.23. The van der Waals surface area contributed by atoms with Gasteiger partial charge in [0.15, 0.2) is 15.0 Å².